The van der Waals surface area contributed by atoms with Gasteiger partial charge in [0, 0.05) is 17.7 Å². The highest BCUT2D eigenvalue weighted by Gasteiger charge is 2.30. The van der Waals surface area contributed by atoms with E-state index >= 15 is 0 Å². The molecule has 17 heavy (non-hydrogen) atoms. The molecule has 0 aromatic heterocycles. The van der Waals surface area contributed by atoms with Gasteiger partial charge in [-0.25, -0.2) is 0 Å². The van der Waals surface area contributed by atoms with Gasteiger partial charge in [0.2, 0.25) is 5.91 Å². The minimum atomic E-state index is 0. The van der Waals surface area contributed by atoms with Gasteiger partial charge in [-0.2, -0.15) is 11.8 Å². The van der Waals surface area contributed by atoms with Crippen molar-refractivity contribution in [2.24, 2.45) is 5.92 Å². The van der Waals surface area contributed by atoms with E-state index in [1.54, 1.807) is 0 Å². The van der Waals surface area contributed by atoms with Crippen molar-refractivity contribution in [2.45, 2.75) is 37.4 Å². The van der Waals surface area contributed by atoms with Gasteiger partial charge in [0.1, 0.15) is 0 Å². The van der Waals surface area contributed by atoms with Gasteiger partial charge in [-0.15, -0.1) is 12.4 Å². The van der Waals surface area contributed by atoms with Gasteiger partial charge in [-0.1, -0.05) is 0 Å². The molecule has 2 fully saturated rings. The van der Waals surface area contributed by atoms with E-state index in [0.29, 0.717) is 17.1 Å². The van der Waals surface area contributed by atoms with Crippen molar-refractivity contribution in [1.82, 2.24) is 10.6 Å². The SMILES string of the molecule is CC1(CNC(=O)CC2CCNC2)CCCS1.Cl. The molecule has 5 heteroatoms. The quantitative estimate of drug-likeness (QED) is 0.824. The van der Waals surface area contributed by atoms with E-state index in [9.17, 15) is 4.79 Å². The van der Waals surface area contributed by atoms with Crippen LogP contribution in [0, 0.1) is 5.92 Å². The van der Waals surface area contributed by atoms with E-state index in [2.05, 4.69) is 17.6 Å². The average molecular weight is 279 g/mol. The molecule has 0 radical (unpaired) electrons. The van der Waals surface area contributed by atoms with Crippen molar-refractivity contribution >= 4 is 30.1 Å². The van der Waals surface area contributed by atoms with E-state index < -0.39 is 0 Å². The Morgan fingerprint density at radius 3 is 3.00 bits per heavy atom. The Morgan fingerprint density at radius 1 is 1.59 bits per heavy atom. The van der Waals surface area contributed by atoms with Crippen LogP contribution in [0.1, 0.15) is 32.6 Å². The summed E-state index contributed by atoms with van der Waals surface area (Å²) in [6, 6.07) is 0. The Morgan fingerprint density at radius 2 is 2.41 bits per heavy atom. The van der Waals surface area contributed by atoms with Crippen LogP contribution in [0.15, 0.2) is 0 Å². The Labute approximate surface area is 114 Å². The van der Waals surface area contributed by atoms with Gasteiger partial charge in [-0.05, 0) is 50.9 Å². The van der Waals surface area contributed by atoms with Crippen LogP contribution in [0.3, 0.4) is 0 Å². The smallest absolute Gasteiger partial charge is 0.220 e. The summed E-state index contributed by atoms with van der Waals surface area (Å²) in [5, 5.41) is 6.40. The van der Waals surface area contributed by atoms with E-state index in [-0.39, 0.29) is 18.3 Å². The van der Waals surface area contributed by atoms with Crippen LogP contribution in [-0.4, -0.2) is 36.0 Å². The molecule has 2 unspecified atom stereocenters. The molecular formula is C12H23ClN2OS. The predicted octanol–water partition coefficient (Wildman–Crippen LogP) is 1.81. The maximum atomic E-state index is 11.7. The Kier molecular flexibility index (Phi) is 6.10. The number of nitrogens with one attached hydrogen (secondary N) is 2. The van der Waals surface area contributed by atoms with Crippen molar-refractivity contribution in [2.75, 3.05) is 25.4 Å². The summed E-state index contributed by atoms with van der Waals surface area (Å²) in [7, 11) is 0. The molecule has 2 atom stereocenters. The maximum Gasteiger partial charge on any atom is 0.220 e. The zero-order chi connectivity index (χ0) is 11.4. The third-order valence-electron chi connectivity index (χ3n) is 3.60. The fourth-order valence-electron chi connectivity index (χ4n) is 2.48. The summed E-state index contributed by atoms with van der Waals surface area (Å²) >= 11 is 2.00. The Balaban J connectivity index is 0.00000144. The Bertz CT molecular complexity index is 251. The van der Waals surface area contributed by atoms with Crippen LogP contribution >= 0.6 is 24.2 Å². The number of amides is 1. The summed E-state index contributed by atoms with van der Waals surface area (Å²) in [6.45, 7) is 5.20. The number of carbonyl (C=O) groups is 1. The summed E-state index contributed by atoms with van der Waals surface area (Å²) in [5.41, 5.74) is 0. The molecule has 3 nitrogen and oxygen atoms in total. The third kappa shape index (κ3) is 4.68. The monoisotopic (exact) mass is 278 g/mol. The summed E-state index contributed by atoms with van der Waals surface area (Å²) < 4.78 is 0.295. The van der Waals surface area contributed by atoms with Crippen molar-refractivity contribution in [3.63, 3.8) is 0 Å². The van der Waals surface area contributed by atoms with Crippen molar-refractivity contribution in [1.29, 1.82) is 0 Å². The first-order chi connectivity index (χ1) is 7.68. The van der Waals surface area contributed by atoms with Crippen LogP contribution in [0.25, 0.3) is 0 Å². The molecule has 100 valence electrons. The van der Waals surface area contributed by atoms with Crippen LogP contribution in [0.2, 0.25) is 0 Å². The molecule has 0 aromatic rings. The standard InChI is InChI=1S/C12H22N2OS.ClH/c1-12(4-2-6-16-12)9-14-11(15)7-10-3-5-13-8-10;/h10,13H,2-9H2,1H3,(H,14,15);1H. The lowest BCUT2D eigenvalue weighted by atomic mass is 10.0. The van der Waals surface area contributed by atoms with Gasteiger partial charge >= 0.3 is 0 Å². The first-order valence-electron chi connectivity index (χ1n) is 6.29. The van der Waals surface area contributed by atoms with E-state index in [1.165, 1.54) is 18.6 Å². The number of thioether (sulfide) groups is 1. The molecule has 0 spiro atoms. The second kappa shape index (κ2) is 6.86. The molecule has 2 aliphatic rings. The van der Waals surface area contributed by atoms with Gasteiger partial charge in [0.15, 0.2) is 0 Å². The minimum absolute atomic E-state index is 0. The molecule has 2 heterocycles. The van der Waals surface area contributed by atoms with Crippen molar-refractivity contribution < 1.29 is 4.79 Å². The molecule has 1 amide bonds. The molecule has 2 aliphatic heterocycles. The lowest BCUT2D eigenvalue weighted by Gasteiger charge is -2.23. The van der Waals surface area contributed by atoms with Crippen LogP contribution in [-0.2, 0) is 4.79 Å². The topological polar surface area (TPSA) is 41.1 Å². The molecule has 2 saturated heterocycles. The van der Waals surface area contributed by atoms with Gasteiger partial charge in [-0.3, -0.25) is 4.79 Å². The lowest BCUT2D eigenvalue weighted by molar-refractivity contribution is -0.122. The third-order valence-corrected chi connectivity index (χ3v) is 5.13. The molecule has 2 rings (SSSR count). The average Bonchev–Trinajstić information content (AvgIpc) is 2.88. The molecule has 0 saturated carbocycles. The molecule has 2 N–H and O–H groups in total. The second-order valence-corrected chi connectivity index (χ2v) is 6.92. The summed E-state index contributed by atoms with van der Waals surface area (Å²) in [6.07, 6.45) is 4.39. The van der Waals surface area contributed by atoms with E-state index in [0.717, 1.165) is 26.1 Å². The highest BCUT2D eigenvalue weighted by Crippen LogP contribution is 2.36. The van der Waals surface area contributed by atoms with Crippen LogP contribution in [0.4, 0.5) is 0 Å². The minimum Gasteiger partial charge on any atom is -0.355 e. The largest absolute Gasteiger partial charge is 0.355 e. The number of hydrogen-bond acceptors (Lipinski definition) is 3. The molecule has 0 bridgehead atoms. The second-order valence-electron chi connectivity index (χ2n) is 5.24. The lowest BCUT2D eigenvalue weighted by Crippen LogP contribution is -2.37. The molecular weight excluding hydrogens is 256 g/mol. The van der Waals surface area contributed by atoms with Gasteiger partial charge in [0.25, 0.3) is 0 Å². The van der Waals surface area contributed by atoms with Crippen LogP contribution in [0.5, 0.6) is 0 Å². The highest BCUT2D eigenvalue weighted by atomic mass is 35.5. The van der Waals surface area contributed by atoms with E-state index in [4.69, 9.17) is 0 Å². The van der Waals surface area contributed by atoms with Crippen molar-refractivity contribution in [3.05, 3.63) is 0 Å². The van der Waals surface area contributed by atoms with E-state index in [1.807, 2.05) is 11.8 Å². The highest BCUT2D eigenvalue weighted by molar-refractivity contribution is 8.00. The normalized spacial score (nSPS) is 32.2. The zero-order valence-corrected chi connectivity index (χ0v) is 12.1. The first kappa shape index (κ1) is 15.1. The summed E-state index contributed by atoms with van der Waals surface area (Å²) in [5.74, 6) is 2.05. The predicted molar refractivity (Wildman–Crippen MR) is 75.9 cm³/mol. The van der Waals surface area contributed by atoms with Gasteiger partial charge < -0.3 is 10.6 Å². The van der Waals surface area contributed by atoms with Crippen molar-refractivity contribution in [3.8, 4) is 0 Å². The summed E-state index contributed by atoms with van der Waals surface area (Å²) in [4.78, 5) is 11.7. The Hall–Kier alpha value is 0.0700. The number of halogens is 1. The number of hydrogen-bond donors (Lipinski definition) is 2. The first-order valence-corrected chi connectivity index (χ1v) is 7.28. The molecule has 0 aliphatic carbocycles. The number of carbonyl (C=O) groups excluding carboxylic acids is 1. The van der Waals surface area contributed by atoms with Gasteiger partial charge in [0.05, 0.1) is 0 Å². The zero-order valence-electron chi connectivity index (χ0n) is 10.5. The molecule has 0 aromatic carbocycles. The fraction of sp³-hybridized carbons (Fsp3) is 0.917. The maximum absolute atomic E-state index is 11.7. The number of rotatable bonds is 4. The fourth-order valence-corrected chi connectivity index (χ4v) is 3.73. The van der Waals surface area contributed by atoms with Crippen LogP contribution < -0.4 is 10.6 Å².